The van der Waals surface area contributed by atoms with Crippen molar-refractivity contribution in [3.8, 4) is 0 Å². The number of nitrogens with zero attached hydrogens (tertiary/aromatic N) is 3. The summed E-state index contributed by atoms with van der Waals surface area (Å²) in [5, 5.41) is 16.0. The van der Waals surface area contributed by atoms with E-state index in [-0.39, 0.29) is 30.6 Å². The van der Waals surface area contributed by atoms with Gasteiger partial charge in [0, 0.05) is 52.4 Å². The number of hydrogen-bond donors (Lipinski definition) is 3. The van der Waals surface area contributed by atoms with Gasteiger partial charge in [0.2, 0.25) is 0 Å². The Morgan fingerprint density at radius 3 is 2.19 bits per heavy atom. The Hall–Kier alpha value is -0.900. The number of guanidine groups is 1. The smallest absolute Gasteiger partial charge is 0.191 e. The summed E-state index contributed by atoms with van der Waals surface area (Å²) in [6, 6.07) is 8.90. The molecule has 1 heterocycles. The summed E-state index contributed by atoms with van der Waals surface area (Å²) in [7, 11) is 0. The SMILES string of the molecule is CCCC(CCO)CNC(=NCc1ccc(CN2CCN(CC)CC2)cc1)NCC.I. The fraction of sp³-hybridized carbons (Fsp3) is 0.708. The first-order valence-electron chi connectivity index (χ1n) is 11.8. The molecule has 1 saturated heterocycles. The first kappa shape index (κ1) is 28.1. The van der Waals surface area contributed by atoms with Crippen molar-refractivity contribution < 1.29 is 5.11 Å². The van der Waals surface area contributed by atoms with E-state index in [4.69, 9.17) is 4.99 Å². The van der Waals surface area contributed by atoms with Gasteiger partial charge < -0.3 is 20.6 Å². The van der Waals surface area contributed by atoms with Gasteiger partial charge in [-0.15, -0.1) is 24.0 Å². The molecular formula is C24H44IN5O. The molecule has 0 bridgehead atoms. The van der Waals surface area contributed by atoms with Crippen LogP contribution in [0.25, 0.3) is 0 Å². The van der Waals surface area contributed by atoms with E-state index in [1.165, 1.54) is 24.2 Å². The van der Waals surface area contributed by atoms with Crippen LogP contribution in [0.4, 0.5) is 0 Å². The molecule has 31 heavy (non-hydrogen) atoms. The molecule has 1 aliphatic heterocycles. The quantitative estimate of drug-likeness (QED) is 0.214. The van der Waals surface area contributed by atoms with E-state index in [2.05, 4.69) is 65.5 Å². The van der Waals surface area contributed by atoms with Crippen LogP contribution < -0.4 is 10.6 Å². The molecule has 0 saturated carbocycles. The first-order valence-corrected chi connectivity index (χ1v) is 11.8. The lowest BCUT2D eigenvalue weighted by molar-refractivity contribution is 0.132. The number of halogens is 1. The Kier molecular flexibility index (Phi) is 15.2. The van der Waals surface area contributed by atoms with Crippen LogP contribution in [0.2, 0.25) is 0 Å². The van der Waals surface area contributed by atoms with E-state index >= 15 is 0 Å². The maximum Gasteiger partial charge on any atom is 0.191 e. The highest BCUT2D eigenvalue weighted by molar-refractivity contribution is 14.0. The topological polar surface area (TPSA) is 63.1 Å². The lowest BCUT2D eigenvalue weighted by atomic mass is 10.0. The van der Waals surface area contributed by atoms with Gasteiger partial charge in [-0.05, 0) is 43.4 Å². The van der Waals surface area contributed by atoms with Crippen LogP contribution >= 0.6 is 24.0 Å². The summed E-state index contributed by atoms with van der Waals surface area (Å²) < 4.78 is 0. The van der Waals surface area contributed by atoms with Crippen molar-refractivity contribution in [3.63, 3.8) is 0 Å². The minimum absolute atomic E-state index is 0. The van der Waals surface area contributed by atoms with Crippen molar-refractivity contribution in [2.45, 2.75) is 53.1 Å². The Morgan fingerprint density at radius 1 is 0.968 bits per heavy atom. The minimum Gasteiger partial charge on any atom is -0.396 e. The molecule has 178 valence electrons. The third kappa shape index (κ3) is 11.0. The third-order valence-corrected chi connectivity index (χ3v) is 5.90. The molecular weight excluding hydrogens is 501 g/mol. The molecule has 6 nitrogen and oxygen atoms in total. The second-order valence-electron chi connectivity index (χ2n) is 8.27. The van der Waals surface area contributed by atoms with Crippen molar-refractivity contribution in [1.82, 2.24) is 20.4 Å². The zero-order valence-electron chi connectivity index (χ0n) is 19.8. The van der Waals surface area contributed by atoms with Crippen molar-refractivity contribution in [2.75, 3.05) is 52.4 Å². The van der Waals surface area contributed by atoms with Crippen LogP contribution in [0.15, 0.2) is 29.3 Å². The molecule has 1 unspecified atom stereocenters. The summed E-state index contributed by atoms with van der Waals surface area (Å²) in [4.78, 5) is 9.82. The van der Waals surface area contributed by atoms with Crippen molar-refractivity contribution in [3.05, 3.63) is 35.4 Å². The van der Waals surface area contributed by atoms with Crippen LogP contribution in [-0.4, -0.2) is 73.3 Å². The number of aliphatic imine (C=N–C) groups is 1. The predicted molar refractivity (Wildman–Crippen MR) is 142 cm³/mol. The molecule has 1 fully saturated rings. The average Bonchev–Trinajstić information content (AvgIpc) is 2.77. The second kappa shape index (κ2) is 16.7. The zero-order valence-corrected chi connectivity index (χ0v) is 22.1. The van der Waals surface area contributed by atoms with Gasteiger partial charge in [0.15, 0.2) is 5.96 Å². The van der Waals surface area contributed by atoms with Crippen LogP contribution in [-0.2, 0) is 13.1 Å². The standard InChI is InChI=1S/C24H43N5O.HI/c1-4-7-21(12-17-30)18-26-24(25-5-2)27-19-22-8-10-23(11-9-22)20-29-15-13-28(6-3)14-16-29;/h8-11,21,30H,4-7,12-20H2,1-3H3,(H2,25,26,27);1H. The number of aliphatic hydroxyl groups excluding tert-OH is 1. The number of aliphatic hydroxyl groups is 1. The molecule has 1 aromatic rings. The van der Waals surface area contributed by atoms with E-state index in [0.717, 1.165) is 64.5 Å². The fourth-order valence-electron chi connectivity index (χ4n) is 3.96. The molecule has 1 aliphatic rings. The largest absolute Gasteiger partial charge is 0.396 e. The van der Waals surface area contributed by atoms with E-state index in [9.17, 15) is 5.11 Å². The molecule has 0 aromatic heterocycles. The maximum atomic E-state index is 9.25. The first-order chi connectivity index (χ1) is 14.7. The summed E-state index contributed by atoms with van der Waals surface area (Å²) in [6.07, 6.45) is 3.11. The second-order valence-corrected chi connectivity index (χ2v) is 8.27. The normalized spacial score (nSPS) is 16.6. The highest BCUT2D eigenvalue weighted by Crippen LogP contribution is 2.11. The van der Waals surface area contributed by atoms with Gasteiger partial charge in [-0.1, -0.05) is 44.5 Å². The van der Waals surface area contributed by atoms with Gasteiger partial charge in [0.05, 0.1) is 6.54 Å². The minimum atomic E-state index is 0. The van der Waals surface area contributed by atoms with E-state index < -0.39 is 0 Å². The van der Waals surface area contributed by atoms with E-state index in [1.54, 1.807) is 0 Å². The number of hydrogen-bond acceptors (Lipinski definition) is 4. The number of nitrogens with one attached hydrogen (secondary N) is 2. The molecule has 3 N–H and O–H groups in total. The van der Waals surface area contributed by atoms with E-state index in [1.807, 2.05) is 0 Å². The van der Waals surface area contributed by atoms with Crippen LogP contribution in [0.5, 0.6) is 0 Å². The van der Waals surface area contributed by atoms with Gasteiger partial charge in [0.1, 0.15) is 0 Å². The fourth-order valence-corrected chi connectivity index (χ4v) is 3.96. The van der Waals surface area contributed by atoms with Crippen molar-refractivity contribution >= 4 is 29.9 Å². The monoisotopic (exact) mass is 545 g/mol. The summed E-state index contributed by atoms with van der Waals surface area (Å²) in [5.74, 6) is 1.34. The van der Waals surface area contributed by atoms with Gasteiger partial charge >= 0.3 is 0 Å². The Balaban J connectivity index is 0.00000480. The Bertz CT molecular complexity index is 596. The zero-order chi connectivity index (χ0) is 21.6. The molecule has 1 atom stereocenters. The summed E-state index contributed by atoms with van der Waals surface area (Å²) >= 11 is 0. The molecule has 0 radical (unpaired) electrons. The van der Waals surface area contributed by atoms with Gasteiger partial charge in [0.25, 0.3) is 0 Å². The molecule has 0 amide bonds. The number of likely N-dealkylation sites (N-methyl/N-ethyl adjacent to an activating group) is 1. The van der Waals surface area contributed by atoms with E-state index in [0.29, 0.717) is 12.5 Å². The lowest BCUT2D eigenvalue weighted by Gasteiger charge is -2.34. The Labute approximate surface area is 206 Å². The van der Waals surface area contributed by atoms with Gasteiger partial charge in [-0.2, -0.15) is 0 Å². The molecule has 2 rings (SSSR count). The lowest BCUT2D eigenvalue weighted by Crippen LogP contribution is -2.45. The molecule has 0 spiro atoms. The molecule has 7 heteroatoms. The summed E-state index contributed by atoms with van der Waals surface area (Å²) in [6.45, 7) is 16.0. The van der Waals surface area contributed by atoms with Crippen molar-refractivity contribution in [2.24, 2.45) is 10.9 Å². The van der Waals surface area contributed by atoms with Crippen LogP contribution in [0, 0.1) is 5.92 Å². The molecule has 1 aromatic carbocycles. The highest BCUT2D eigenvalue weighted by Gasteiger charge is 2.15. The highest BCUT2D eigenvalue weighted by atomic mass is 127. The van der Waals surface area contributed by atoms with Crippen LogP contribution in [0.1, 0.15) is 51.2 Å². The predicted octanol–water partition coefficient (Wildman–Crippen LogP) is 3.30. The van der Waals surface area contributed by atoms with Crippen LogP contribution in [0.3, 0.4) is 0 Å². The number of benzene rings is 1. The average molecular weight is 546 g/mol. The van der Waals surface area contributed by atoms with Crippen molar-refractivity contribution in [1.29, 1.82) is 0 Å². The van der Waals surface area contributed by atoms with Gasteiger partial charge in [-0.3, -0.25) is 4.90 Å². The molecule has 0 aliphatic carbocycles. The van der Waals surface area contributed by atoms with Gasteiger partial charge in [-0.25, -0.2) is 4.99 Å². The number of rotatable bonds is 12. The third-order valence-electron chi connectivity index (χ3n) is 5.90. The number of piperazine rings is 1. The Morgan fingerprint density at radius 2 is 1.61 bits per heavy atom. The maximum absolute atomic E-state index is 9.25. The summed E-state index contributed by atoms with van der Waals surface area (Å²) in [5.41, 5.74) is 2.61.